The predicted molar refractivity (Wildman–Crippen MR) is 139 cm³/mol. The number of piperidine rings is 1. The Morgan fingerprint density at radius 1 is 1.06 bits per heavy atom. The van der Waals surface area contributed by atoms with Crippen molar-refractivity contribution in [3.8, 4) is 34.5 Å². The first-order chi connectivity index (χ1) is 17.6. The van der Waals surface area contributed by atoms with Crippen molar-refractivity contribution in [2.24, 2.45) is 13.0 Å². The Hall–Kier alpha value is -4.22. The topological polar surface area (TPSA) is 84.3 Å². The van der Waals surface area contributed by atoms with Gasteiger partial charge in [0.05, 0.1) is 29.6 Å². The number of imidazole rings is 1. The van der Waals surface area contributed by atoms with Gasteiger partial charge in [-0.15, -0.1) is 0 Å². The van der Waals surface area contributed by atoms with E-state index < -0.39 is 0 Å². The normalized spacial score (nSPS) is 16.4. The van der Waals surface area contributed by atoms with Crippen molar-refractivity contribution in [2.75, 3.05) is 26.7 Å². The van der Waals surface area contributed by atoms with Gasteiger partial charge in [0.25, 0.3) is 5.88 Å². The van der Waals surface area contributed by atoms with Gasteiger partial charge in [-0.2, -0.15) is 5.26 Å². The zero-order chi connectivity index (χ0) is 24.6. The van der Waals surface area contributed by atoms with E-state index in [1.807, 2.05) is 58.9 Å². The highest BCUT2D eigenvalue weighted by Crippen LogP contribution is 2.35. The molecule has 0 amide bonds. The van der Waals surface area contributed by atoms with Crippen molar-refractivity contribution in [1.29, 1.82) is 5.26 Å². The molecule has 1 aliphatic heterocycles. The average Bonchev–Trinajstić information content (AvgIpc) is 3.54. The molecule has 1 aromatic carbocycles. The molecular formula is C28H27N7O. The molecule has 8 heteroatoms. The first kappa shape index (κ1) is 22.3. The summed E-state index contributed by atoms with van der Waals surface area (Å²) in [5.74, 6) is 0.980. The lowest BCUT2D eigenvalue weighted by Gasteiger charge is -2.29. The predicted octanol–water partition coefficient (Wildman–Crippen LogP) is 4.54. The number of hydrogen-bond acceptors (Lipinski definition) is 6. The molecule has 1 fully saturated rings. The molecule has 0 aliphatic carbocycles. The zero-order valence-electron chi connectivity index (χ0n) is 20.4. The minimum Gasteiger partial charge on any atom is -0.475 e. The molecular weight excluding hydrogens is 450 g/mol. The number of hydrogen-bond donors (Lipinski definition) is 0. The van der Waals surface area contributed by atoms with E-state index in [1.54, 1.807) is 6.20 Å². The van der Waals surface area contributed by atoms with Crippen molar-refractivity contribution >= 4 is 16.7 Å². The van der Waals surface area contributed by atoms with Crippen LogP contribution in [0.4, 0.5) is 0 Å². The Kier molecular flexibility index (Phi) is 5.62. The Balaban J connectivity index is 1.49. The van der Waals surface area contributed by atoms with Gasteiger partial charge in [0.2, 0.25) is 5.65 Å². The highest BCUT2D eigenvalue weighted by atomic mass is 16.5. The minimum atomic E-state index is 0.461. The summed E-state index contributed by atoms with van der Waals surface area (Å²) in [5.41, 5.74) is 5.69. The van der Waals surface area contributed by atoms with Crippen LogP contribution in [0.5, 0.6) is 5.88 Å². The van der Waals surface area contributed by atoms with Gasteiger partial charge in [-0.05, 0) is 50.7 Å². The Labute approximate surface area is 209 Å². The number of fused-ring (bicyclic) bond motifs is 2. The standard InChI is InChI=1S/C28H27N7O/c1-33-11-3-4-20(17-33)18-36-28-27-30-10-13-35(27)25(23-14-22-9-12-34(2)26(22)31-16-23)24(32-28)21-7-5-19(15-29)6-8-21/h5-10,12-14,16,20H,3-4,11,17-18H2,1-2H3/t20-/m1/s1. The summed E-state index contributed by atoms with van der Waals surface area (Å²) in [7, 11) is 4.15. The van der Waals surface area contributed by atoms with Crippen LogP contribution in [0.2, 0.25) is 0 Å². The summed E-state index contributed by atoms with van der Waals surface area (Å²) in [6, 6.07) is 13.9. The van der Waals surface area contributed by atoms with E-state index in [1.165, 1.54) is 6.42 Å². The van der Waals surface area contributed by atoms with Gasteiger partial charge in [-0.1, -0.05) is 12.1 Å². The van der Waals surface area contributed by atoms with Gasteiger partial charge < -0.3 is 14.2 Å². The molecule has 36 heavy (non-hydrogen) atoms. The second-order valence-electron chi connectivity index (χ2n) is 9.57. The van der Waals surface area contributed by atoms with Gasteiger partial charge >= 0.3 is 0 Å². The summed E-state index contributed by atoms with van der Waals surface area (Å²) in [6.45, 7) is 2.76. The summed E-state index contributed by atoms with van der Waals surface area (Å²) in [6.07, 6.45) is 9.94. The summed E-state index contributed by atoms with van der Waals surface area (Å²) < 4.78 is 10.4. The van der Waals surface area contributed by atoms with Crippen LogP contribution in [0.1, 0.15) is 18.4 Å². The highest BCUT2D eigenvalue weighted by Gasteiger charge is 2.22. The van der Waals surface area contributed by atoms with Gasteiger partial charge in [-0.3, -0.25) is 4.40 Å². The number of pyridine rings is 1. The molecule has 0 saturated carbocycles. The zero-order valence-corrected chi connectivity index (χ0v) is 20.4. The molecule has 8 nitrogen and oxygen atoms in total. The Bertz CT molecular complexity index is 1590. The van der Waals surface area contributed by atoms with Crippen molar-refractivity contribution < 1.29 is 4.74 Å². The minimum absolute atomic E-state index is 0.461. The molecule has 0 unspecified atom stereocenters. The molecule has 1 atom stereocenters. The lowest BCUT2D eigenvalue weighted by atomic mass is 10.00. The van der Waals surface area contributed by atoms with E-state index in [9.17, 15) is 5.26 Å². The van der Waals surface area contributed by atoms with E-state index in [0.717, 1.165) is 53.1 Å². The van der Waals surface area contributed by atoms with Crippen LogP contribution in [0, 0.1) is 17.2 Å². The fourth-order valence-electron chi connectivity index (χ4n) is 5.13. The number of nitriles is 1. The quantitative estimate of drug-likeness (QED) is 0.369. The lowest BCUT2D eigenvalue weighted by Crippen LogP contribution is -2.34. The highest BCUT2D eigenvalue weighted by molar-refractivity contribution is 5.87. The van der Waals surface area contributed by atoms with Gasteiger partial charge in [0, 0.05) is 60.8 Å². The number of benzene rings is 1. The third kappa shape index (κ3) is 3.97. The molecule has 5 heterocycles. The number of rotatable bonds is 5. The van der Waals surface area contributed by atoms with E-state index in [0.29, 0.717) is 29.6 Å². The van der Waals surface area contributed by atoms with Crippen molar-refractivity contribution in [3.63, 3.8) is 0 Å². The van der Waals surface area contributed by atoms with Crippen LogP contribution >= 0.6 is 0 Å². The average molecular weight is 478 g/mol. The molecule has 180 valence electrons. The van der Waals surface area contributed by atoms with E-state index >= 15 is 0 Å². The molecule has 0 radical (unpaired) electrons. The number of aromatic nitrogens is 5. The molecule has 1 saturated heterocycles. The molecule has 0 N–H and O–H groups in total. The monoisotopic (exact) mass is 477 g/mol. The summed E-state index contributed by atoms with van der Waals surface area (Å²) >= 11 is 0. The third-order valence-corrected chi connectivity index (χ3v) is 6.96. The summed E-state index contributed by atoms with van der Waals surface area (Å²) in [5, 5.41) is 10.3. The van der Waals surface area contributed by atoms with Gasteiger partial charge in [0.1, 0.15) is 5.65 Å². The number of ether oxygens (including phenoxy) is 1. The number of nitrogens with zero attached hydrogens (tertiary/aromatic N) is 7. The van der Waals surface area contributed by atoms with Crippen LogP contribution in [0.15, 0.2) is 61.2 Å². The van der Waals surface area contributed by atoms with Crippen molar-refractivity contribution in [1.82, 2.24) is 28.8 Å². The molecule has 1 aliphatic rings. The Morgan fingerprint density at radius 2 is 1.92 bits per heavy atom. The first-order valence-corrected chi connectivity index (χ1v) is 12.2. The summed E-state index contributed by atoms with van der Waals surface area (Å²) in [4.78, 5) is 16.7. The van der Waals surface area contributed by atoms with E-state index in [-0.39, 0.29) is 0 Å². The maximum Gasteiger partial charge on any atom is 0.259 e. The third-order valence-electron chi connectivity index (χ3n) is 6.96. The molecule has 0 spiro atoms. The largest absolute Gasteiger partial charge is 0.475 e. The van der Waals surface area contributed by atoms with Crippen LogP contribution in [-0.4, -0.2) is 55.6 Å². The van der Waals surface area contributed by atoms with Gasteiger partial charge in [0.15, 0.2) is 0 Å². The second kappa shape index (κ2) is 9.10. The molecule has 5 aromatic rings. The second-order valence-corrected chi connectivity index (χ2v) is 9.57. The smallest absolute Gasteiger partial charge is 0.259 e. The molecule has 4 aromatic heterocycles. The first-order valence-electron chi connectivity index (χ1n) is 12.2. The fourth-order valence-corrected chi connectivity index (χ4v) is 5.13. The van der Waals surface area contributed by atoms with Crippen molar-refractivity contribution in [2.45, 2.75) is 12.8 Å². The maximum absolute atomic E-state index is 9.29. The van der Waals surface area contributed by atoms with Gasteiger partial charge in [-0.25, -0.2) is 15.0 Å². The van der Waals surface area contributed by atoms with Crippen LogP contribution in [0.3, 0.4) is 0 Å². The van der Waals surface area contributed by atoms with E-state index in [2.05, 4.69) is 35.1 Å². The van der Waals surface area contributed by atoms with Crippen LogP contribution < -0.4 is 4.74 Å². The fraction of sp³-hybridized carbons (Fsp3) is 0.286. The van der Waals surface area contributed by atoms with Crippen LogP contribution in [0.25, 0.3) is 39.2 Å². The molecule has 0 bridgehead atoms. The number of likely N-dealkylation sites (tertiary alicyclic amines) is 1. The Morgan fingerprint density at radius 3 is 2.72 bits per heavy atom. The van der Waals surface area contributed by atoms with Crippen LogP contribution in [-0.2, 0) is 7.05 Å². The van der Waals surface area contributed by atoms with Crippen molar-refractivity contribution in [3.05, 3.63) is 66.7 Å². The SMILES string of the molecule is CN1CCC[C@@H](COc2nc(-c3ccc(C#N)cc3)c(-c3cnc4c(ccn4C)c3)n3ccnc23)C1. The number of aryl methyl sites for hydroxylation is 1. The maximum atomic E-state index is 9.29. The molecule has 6 rings (SSSR count). The van der Waals surface area contributed by atoms with E-state index in [4.69, 9.17) is 14.7 Å². The lowest BCUT2D eigenvalue weighted by molar-refractivity contribution is 0.148.